The lowest BCUT2D eigenvalue weighted by molar-refractivity contribution is -0.149. The molecular weight excluding hydrogens is 292 g/mol. The molecule has 1 atom stereocenters. The van der Waals surface area contributed by atoms with E-state index in [2.05, 4.69) is 15.9 Å². The number of thioether (sulfide) groups is 1. The van der Waals surface area contributed by atoms with Gasteiger partial charge < -0.3 is 4.74 Å². The fourth-order valence-electron chi connectivity index (χ4n) is 0.999. The van der Waals surface area contributed by atoms with Crippen molar-refractivity contribution < 1.29 is 14.3 Å². The highest BCUT2D eigenvalue weighted by molar-refractivity contribution is 9.10. The molecule has 0 radical (unpaired) electrons. The summed E-state index contributed by atoms with van der Waals surface area (Å²) < 4.78 is 5.75. The van der Waals surface area contributed by atoms with Crippen LogP contribution in [0.4, 0.5) is 0 Å². The fraction of sp³-hybridized carbons (Fsp3) is 0.273. The zero-order chi connectivity index (χ0) is 12.1. The number of ether oxygens (including phenoxy) is 1. The number of carbonyl (C=O) groups is 2. The zero-order valence-corrected chi connectivity index (χ0v) is 11.3. The van der Waals surface area contributed by atoms with Crippen molar-refractivity contribution in [3.05, 3.63) is 28.7 Å². The third-order valence-electron chi connectivity index (χ3n) is 1.71. The van der Waals surface area contributed by atoms with E-state index in [-0.39, 0.29) is 5.12 Å². The second kappa shape index (κ2) is 6.06. The van der Waals surface area contributed by atoms with Crippen LogP contribution in [0.3, 0.4) is 0 Å². The van der Waals surface area contributed by atoms with Gasteiger partial charge in [-0.3, -0.25) is 9.59 Å². The number of esters is 1. The number of halogens is 1. The first-order valence-corrected chi connectivity index (χ1v) is 6.24. The van der Waals surface area contributed by atoms with Crippen LogP contribution < -0.4 is 0 Å². The Balaban J connectivity index is 2.57. The molecule has 5 heteroatoms. The molecule has 0 aromatic heterocycles. The Morgan fingerprint density at radius 1 is 1.31 bits per heavy atom. The Kier molecular flexibility index (Phi) is 5.02. The summed E-state index contributed by atoms with van der Waals surface area (Å²) in [7, 11) is 0. The third kappa shape index (κ3) is 4.37. The van der Waals surface area contributed by atoms with Crippen LogP contribution in [0.2, 0.25) is 0 Å². The Labute approximate surface area is 107 Å². The van der Waals surface area contributed by atoms with Crippen LogP contribution in [-0.2, 0) is 14.3 Å². The van der Waals surface area contributed by atoms with Gasteiger partial charge in [-0.25, -0.2) is 0 Å². The maximum absolute atomic E-state index is 11.6. The molecule has 0 unspecified atom stereocenters. The van der Waals surface area contributed by atoms with Gasteiger partial charge in [-0.1, -0.05) is 15.9 Å². The minimum atomic E-state index is -0.717. The molecule has 0 amide bonds. The van der Waals surface area contributed by atoms with Crippen molar-refractivity contribution in [1.29, 1.82) is 0 Å². The molecule has 0 bridgehead atoms. The number of rotatable bonds is 3. The van der Waals surface area contributed by atoms with Crippen LogP contribution in [-0.4, -0.2) is 17.2 Å². The van der Waals surface area contributed by atoms with Crippen molar-refractivity contribution in [2.75, 3.05) is 0 Å². The Morgan fingerprint density at radius 3 is 2.38 bits per heavy atom. The molecule has 0 aliphatic heterocycles. The molecule has 3 nitrogen and oxygen atoms in total. The first-order chi connectivity index (χ1) is 7.49. The van der Waals surface area contributed by atoms with E-state index in [4.69, 9.17) is 4.74 Å². The standard InChI is InChI=1S/C11H11BrO3S/c1-7(15-8(2)13)11(14)16-10-5-3-9(12)4-6-10/h3-7H,1-2H3/t7-/m1/s1. The Hall–Kier alpha value is -0.810. The predicted molar refractivity (Wildman–Crippen MR) is 66.2 cm³/mol. The van der Waals surface area contributed by atoms with Gasteiger partial charge in [0.15, 0.2) is 6.10 Å². The highest BCUT2D eigenvalue weighted by Crippen LogP contribution is 2.23. The number of benzene rings is 1. The summed E-state index contributed by atoms with van der Waals surface area (Å²) in [5.74, 6) is -0.447. The van der Waals surface area contributed by atoms with Gasteiger partial charge in [0, 0.05) is 16.3 Å². The number of hydrogen-bond acceptors (Lipinski definition) is 4. The van der Waals surface area contributed by atoms with Crippen molar-refractivity contribution >= 4 is 38.8 Å². The van der Waals surface area contributed by atoms with E-state index in [1.807, 2.05) is 24.3 Å². The summed E-state index contributed by atoms with van der Waals surface area (Å²) in [4.78, 5) is 23.1. The summed E-state index contributed by atoms with van der Waals surface area (Å²) in [6.45, 7) is 2.85. The molecule has 0 saturated heterocycles. The maximum Gasteiger partial charge on any atom is 0.303 e. The van der Waals surface area contributed by atoms with E-state index in [9.17, 15) is 9.59 Å². The Morgan fingerprint density at radius 2 is 1.88 bits per heavy atom. The van der Waals surface area contributed by atoms with Gasteiger partial charge in [0.1, 0.15) is 0 Å². The van der Waals surface area contributed by atoms with Crippen LogP contribution in [0.5, 0.6) is 0 Å². The predicted octanol–water partition coefficient (Wildman–Crippen LogP) is 3.02. The molecule has 0 aliphatic carbocycles. The second-order valence-electron chi connectivity index (χ2n) is 3.13. The smallest absolute Gasteiger partial charge is 0.303 e. The molecule has 0 aliphatic rings. The van der Waals surface area contributed by atoms with Gasteiger partial charge in [-0.05, 0) is 43.0 Å². The lowest BCUT2D eigenvalue weighted by Crippen LogP contribution is -2.20. The van der Waals surface area contributed by atoms with Crippen molar-refractivity contribution in [2.24, 2.45) is 0 Å². The summed E-state index contributed by atoms with van der Waals surface area (Å²) in [6, 6.07) is 7.36. The minimum Gasteiger partial charge on any atom is -0.454 e. The molecule has 1 aromatic carbocycles. The average molecular weight is 303 g/mol. The molecular formula is C11H11BrO3S. The maximum atomic E-state index is 11.6. The lowest BCUT2D eigenvalue weighted by Gasteiger charge is -2.09. The highest BCUT2D eigenvalue weighted by Gasteiger charge is 2.16. The minimum absolute atomic E-state index is 0.183. The molecule has 86 valence electrons. The van der Waals surface area contributed by atoms with Crippen LogP contribution in [0.15, 0.2) is 33.6 Å². The first-order valence-electron chi connectivity index (χ1n) is 4.63. The first kappa shape index (κ1) is 13.3. The summed E-state index contributed by atoms with van der Waals surface area (Å²) in [5.41, 5.74) is 0. The van der Waals surface area contributed by atoms with Gasteiger partial charge >= 0.3 is 5.97 Å². The van der Waals surface area contributed by atoms with Gasteiger partial charge in [0.05, 0.1) is 0 Å². The van der Waals surface area contributed by atoms with E-state index >= 15 is 0 Å². The van der Waals surface area contributed by atoms with Crippen molar-refractivity contribution in [3.8, 4) is 0 Å². The number of carbonyl (C=O) groups excluding carboxylic acids is 2. The lowest BCUT2D eigenvalue weighted by atomic mass is 10.4. The quantitative estimate of drug-likeness (QED) is 0.636. The molecule has 0 N–H and O–H groups in total. The molecule has 0 saturated carbocycles. The normalized spacial score (nSPS) is 11.9. The average Bonchev–Trinajstić information content (AvgIpc) is 2.20. The van der Waals surface area contributed by atoms with Crippen LogP contribution in [0.1, 0.15) is 13.8 Å². The third-order valence-corrected chi connectivity index (χ3v) is 3.28. The van der Waals surface area contributed by atoms with Gasteiger partial charge in [-0.2, -0.15) is 0 Å². The summed E-state index contributed by atoms with van der Waals surface area (Å²) in [6.07, 6.45) is -0.717. The van der Waals surface area contributed by atoms with E-state index in [1.54, 1.807) is 6.92 Å². The molecule has 16 heavy (non-hydrogen) atoms. The fourth-order valence-corrected chi connectivity index (χ4v) is 1.98. The summed E-state index contributed by atoms with van der Waals surface area (Å²) >= 11 is 4.38. The van der Waals surface area contributed by atoms with Gasteiger partial charge in [-0.15, -0.1) is 0 Å². The second-order valence-corrected chi connectivity index (χ2v) is 5.12. The topological polar surface area (TPSA) is 43.4 Å². The monoisotopic (exact) mass is 302 g/mol. The molecule has 1 rings (SSSR count). The zero-order valence-electron chi connectivity index (χ0n) is 8.90. The Bertz CT molecular complexity index is 389. The van der Waals surface area contributed by atoms with Crippen molar-refractivity contribution in [2.45, 2.75) is 24.8 Å². The number of hydrogen-bond donors (Lipinski definition) is 0. The van der Waals surface area contributed by atoms with E-state index in [1.165, 1.54) is 6.92 Å². The SMILES string of the molecule is CC(=O)O[C@H](C)C(=O)Sc1ccc(Br)cc1. The van der Waals surface area contributed by atoms with Crippen LogP contribution >= 0.6 is 27.7 Å². The molecule has 1 aromatic rings. The molecule has 0 heterocycles. The largest absolute Gasteiger partial charge is 0.454 e. The van der Waals surface area contributed by atoms with Gasteiger partial charge in [0.25, 0.3) is 0 Å². The van der Waals surface area contributed by atoms with Crippen molar-refractivity contribution in [1.82, 2.24) is 0 Å². The van der Waals surface area contributed by atoms with Crippen molar-refractivity contribution in [3.63, 3.8) is 0 Å². The van der Waals surface area contributed by atoms with E-state index in [0.717, 1.165) is 21.1 Å². The molecule has 0 fully saturated rings. The van der Waals surface area contributed by atoms with Crippen LogP contribution in [0, 0.1) is 0 Å². The van der Waals surface area contributed by atoms with Gasteiger partial charge in [0.2, 0.25) is 5.12 Å². The molecule has 0 spiro atoms. The summed E-state index contributed by atoms with van der Waals surface area (Å²) in [5, 5.41) is -0.183. The highest BCUT2D eigenvalue weighted by atomic mass is 79.9. The van der Waals surface area contributed by atoms with E-state index < -0.39 is 12.1 Å². The van der Waals surface area contributed by atoms with Crippen LogP contribution in [0.25, 0.3) is 0 Å². The van der Waals surface area contributed by atoms with E-state index in [0.29, 0.717) is 0 Å².